The zero-order valence-electron chi connectivity index (χ0n) is 9.34. The highest BCUT2D eigenvalue weighted by Gasteiger charge is 2.29. The Morgan fingerprint density at radius 1 is 1.60 bits per heavy atom. The van der Waals surface area contributed by atoms with Gasteiger partial charge in [-0.2, -0.15) is 5.10 Å². The normalized spacial score (nSPS) is 21.1. The predicted octanol–water partition coefficient (Wildman–Crippen LogP) is -0.0422. The van der Waals surface area contributed by atoms with E-state index in [2.05, 4.69) is 10.00 Å². The molecular weight excluding hydrogens is 192 g/mol. The third kappa shape index (κ3) is 1.74. The summed E-state index contributed by atoms with van der Waals surface area (Å²) in [6.07, 6.45) is 1.75. The summed E-state index contributed by atoms with van der Waals surface area (Å²) in [5, 5.41) is 4.22. The van der Waals surface area contributed by atoms with Crippen LogP contribution in [-0.2, 0) is 11.3 Å². The summed E-state index contributed by atoms with van der Waals surface area (Å²) >= 11 is 0. The summed E-state index contributed by atoms with van der Waals surface area (Å²) < 4.78 is 1.84. The lowest BCUT2D eigenvalue weighted by Crippen LogP contribution is -2.43. The van der Waals surface area contributed by atoms with Crippen molar-refractivity contribution in [3.63, 3.8) is 0 Å². The van der Waals surface area contributed by atoms with Gasteiger partial charge < -0.3 is 4.90 Å². The summed E-state index contributed by atoms with van der Waals surface area (Å²) in [4.78, 5) is 15.7. The second-order valence-corrected chi connectivity index (χ2v) is 4.21. The Labute approximate surface area is 89.3 Å². The van der Waals surface area contributed by atoms with Gasteiger partial charge in [-0.05, 0) is 13.1 Å². The van der Waals surface area contributed by atoms with Crippen molar-refractivity contribution in [2.75, 3.05) is 27.7 Å². The number of hydrogen-bond acceptors (Lipinski definition) is 3. The Morgan fingerprint density at radius 3 is 3.00 bits per heavy atom. The van der Waals surface area contributed by atoms with Gasteiger partial charge in [0.15, 0.2) is 0 Å². The molecule has 15 heavy (non-hydrogen) atoms. The monoisotopic (exact) mass is 208 g/mol. The van der Waals surface area contributed by atoms with E-state index in [0.29, 0.717) is 0 Å². The summed E-state index contributed by atoms with van der Waals surface area (Å²) in [6, 6.07) is 1.79. The van der Waals surface area contributed by atoms with Crippen LogP contribution in [-0.4, -0.2) is 53.2 Å². The van der Waals surface area contributed by atoms with Crippen LogP contribution in [0, 0.1) is 0 Å². The van der Waals surface area contributed by atoms with Gasteiger partial charge in [-0.3, -0.25) is 14.4 Å². The fourth-order valence-corrected chi connectivity index (χ4v) is 1.94. The van der Waals surface area contributed by atoms with E-state index in [9.17, 15) is 4.79 Å². The number of likely N-dealkylation sites (N-methyl/N-ethyl adjacent to an activating group) is 2. The molecule has 1 aliphatic heterocycles. The van der Waals surface area contributed by atoms with Gasteiger partial charge in [0.05, 0.1) is 5.69 Å². The summed E-state index contributed by atoms with van der Waals surface area (Å²) in [7, 11) is 5.58. The average molecular weight is 208 g/mol. The second kappa shape index (κ2) is 3.66. The Morgan fingerprint density at radius 2 is 2.33 bits per heavy atom. The van der Waals surface area contributed by atoms with Crippen molar-refractivity contribution in [1.82, 2.24) is 19.6 Å². The van der Waals surface area contributed by atoms with Crippen molar-refractivity contribution in [3.8, 4) is 0 Å². The molecule has 5 nitrogen and oxygen atoms in total. The quantitative estimate of drug-likeness (QED) is 0.650. The maximum atomic E-state index is 11.9. The van der Waals surface area contributed by atoms with E-state index < -0.39 is 0 Å². The van der Waals surface area contributed by atoms with Crippen LogP contribution in [0.4, 0.5) is 0 Å². The minimum absolute atomic E-state index is 0.103. The fourth-order valence-electron chi connectivity index (χ4n) is 1.94. The molecule has 1 amide bonds. The molecule has 0 aliphatic carbocycles. The highest BCUT2D eigenvalue weighted by molar-refractivity contribution is 5.80. The molecule has 0 saturated heterocycles. The molecule has 1 aromatic rings. The van der Waals surface area contributed by atoms with Gasteiger partial charge in [0.25, 0.3) is 0 Å². The van der Waals surface area contributed by atoms with Gasteiger partial charge in [0.2, 0.25) is 5.91 Å². The Kier molecular flexibility index (Phi) is 2.48. The topological polar surface area (TPSA) is 41.4 Å². The van der Waals surface area contributed by atoms with Crippen LogP contribution in [0.25, 0.3) is 0 Å². The molecule has 2 heterocycles. The largest absolute Gasteiger partial charge is 0.347 e. The van der Waals surface area contributed by atoms with Crippen LogP contribution < -0.4 is 0 Å². The van der Waals surface area contributed by atoms with Gasteiger partial charge in [0.1, 0.15) is 6.04 Å². The minimum Gasteiger partial charge on any atom is -0.347 e. The molecule has 0 fully saturated rings. The first kappa shape index (κ1) is 10.2. The molecular formula is C10H16N4O. The van der Waals surface area contributed by atoms with Crippen LogP contribution in [0.3, 0.4) is 0 Å². The first-order valence-electron chi connectivity index (χ1n) is 5.01. The third-order valence-electron chi connectivity index (χ3n) is 2.69. The summed E-state index contributed by atoms with van der Waals surface area (Å²) in [5.41, 5.74) is 1.10. The van der Waals surface area contributed by atoms with E-state index in [1.165, 1.54) is 0 Å². The smallest absolute Gasteiger partial charge is 0.248 e. The standard InChI is InChI=1S/C10H16N4O/c1-12(2)10(15)9-7-13(3)6-8-4-5-11-14(8)9/h4-5,9H,6-7H2,1-3H3/t9-/m0/s1. The number of nitrogens with zero attached hydrogens (tertiary/aromatic N) is 4. The molecule has 1 aliphatic rings. The second-order valence-electron chi connectivity index (χ2n) is 4.21. The molecule has 2 rings (SSSR count). The number of rotatable bonds is 1. The number of amides is 1. The minimum atomic E-state index is -0.177. The highest BCUT2D eigenvalue weighted by atomic mass is 16.2. The zero-order valence-corrected chi connectivity index (χ0v) is 9.34. The van der Waals surface area contributed by atoms with E-state index in [1.807, 2.05) is 17.8 Å². The van der Waals surface area contributed by atoms with Crippen LogP contribution in [0.2, 0.25) is 0 Å². The van der Waals surface area contributed by atoms with E-state index in [-0.39, 0.29) is 11.9 Å². The van der Waals surface area contributed by atoms with Crippen molar-refractivity contribution in [2.24, 2.45) is 0 Å². The van der Waals surface area contributed by atoms with Gasteiger partial charge in [-0.1, -0.05) is 0 Å². The van der Waals surface area contributed by atoms with E-state index >= 15 is 0 Å². The summed E-state index contributed by atoms with van der Waals surface area (Å²) in [6.45, 7) is 1.59. The van der Waals surface area contributed by atoms with Crippen molar-refractivity contribution in [3.05, 3.63) is 18.0 Å². The molecule has 0 unspecified atom stereocenters. The number of fused-ring (bicyclic) bond motifs is 1. The zero-order chi connectivity index (χ0) is 11.0. The number of hydrogen-bond donors (Lipinski definition) is 0. The van der Waals surface area contributed by atoms with Crippen LogP contribution >= 0.6 is 0 Å². The first-order valence-corrected chi connectivity index (χ1v) is 5.01. The molecule has 1 aromatic heterocycles. The van der Waals surface area contributed by atoms with Gasteiger partial charge in [-0.15, -0.1) is 0 Å². The highest BCUT2D eigenvalue weighted by Crippen LogP contribution is 2.20. The molecule has 0 aromatic carbocycles. The molecule has 5 heteroatoms. The Hall–Kier alpha value is -1.36. The fraction of sp³-hybridized carbons (Fsp3) is 0.600. The summed E-state index contributed by atoms with van der Waals surface area (Å²) in [5.74, 6) is 0.103. The molecule has 0 saturated carbocycles. The molecule has 0 bridgehead atoms. The maximum absolute atomic E-state index is 11.9. The van der Waals surface area contributed by atoms with Gasteiger partial charge in [0, 0.05) is 33.4 Å². The van der Waals surface area contributed by atoms with Gasteiger partial charge in [-0.25, -0.2) is 0 Å². The maximum Gasteiger partial charge on any atom is 0.248 e. The molecule has 82 valence electrons. The third-order valence-corrected chi connectivity index (χ3v) is 2.69. The van der Waals surface area contributed by atoms with E-state index in [4.69, 9.17) is 0 Å². The van der Waals surface area contributed by atoms with Gasteiger partial charge >= 0.3 is 0 Å². The van der Waals surface area contributed by atoms with Crippen LogP contribution in [0.5, 0.6) is 0 Å². The van der Waals surface area contributed by atoms with Crippen LogP contribution in [0.1, 0.15) is 11.7 Å². The predicted molar refractivity (Wildman–Crippen MR) is 56.3 cm³/mol. The average Bonchev–Trinajstić information content (AvgIpc) is 2.62. The lowest BCUT2D eigenvalue weighted by atomic mass is 10.2. The van der Waals surface area contributed by atoms with Crippen molar-refractivity contribution < 1.29 is 4.79 Å². The van der Waals surface area contributed by atoms with Crippen molar-refractivity contribution in [1.29, 1.82) is 0 Å². The number of aromatic nitrogens is 2. The lowest BCUT2D eigenvalue weighted by Gasteiger charge is -2.31. The lowest BCUT2D eigenvalue weighted by molar-refractivity contribution is -0.133. The molecule has 0 radical (unpaired) electrons. The Bertz CT molecular complexity index is 371. The molecule has 0 N–H and O–H groups in total. The molecule has 1 atom stereocenters. The van der Waals surface area contributed by atoms with E-state index in [1.54, 1.807) is 25.2 Å². The van der Waals surface area contributed by atoms with Crippen molar-refractivity contribution >= 4 is 5.91 Å². The number of carbonyl (C=O) groups is 1. The van der Waals surface area contributed by atoms with Crippen LogP contribution in [0.15, 0.2) is 12.3 Å². The Balaban J connectivity index is 2.31. The van der Waals surface area contributed by atoms with E-state index in [0.717, 1.165) is 18.8 Å². The first-order chi connectivity index (χ1) is 7.09. The molecule has 0 spiro atoms. The SMILES string of the molecule is CN1Cc2ccnn2[C@H](C(=O)N(C)C)C1. The van der Waals surface area contributed by atoms with Crippen molar-refractivity contribution in [2.45, 2.75) is 12.6 Å². The number of carbonyl (C=O) groups excluding carboxylic acids is 1.